The highest BCUT2D eigenvalue weighted by atomic mass is 79.9. The Kier molecular flexibility index (Phi) is 3.92. The second-order valence-corrected chi connectivity index (χ2v) is 6.50. The molecule has 3 aromatic rings. The second kappa shape index (κ2) is 5.68. The van der Waals surface area contributed by atoms with Crippen LogP contribution in [-0.2, 0) is 6.42 Å². The highest BCUT2D eigenvalue weighted by molar-refractivity contribution is 9.10. The van der Waals surface area contributed by atoms with E-state index in [4.69, 9.17) is 0 Å². The van der Waals surface area contributed by atoms with Crippen LogP contribution in [0.3, 0.4) is 0 Å². The lowest BCUT2D eigenvalue weighted by atomic mass is 9.95. The number of aliphatic hydroxyl groups is 1. The molecule has 1 aromatic heterocycles. The van der Waals surface area contributed by atoms with Crippen molar-refractivity contribution >= 4 is 37.4 Å². The standard InChI is InChI=1S/C17H15BrOS/c1-2-11-6-3-4-7-12(11)16(19)14-10-20-17-13(14)8-5-9-15(17)18/h3-10,16,19H,2H2,1H3. The summed E-state index contributed by atoms with van der Waals surface area (Å²) in [6.07, 6.45) is 0.369. The molecule has 0 fully saturated rings. The van der Waals surface area contributed by atoms with Crippen LogP contribution in [0.1, 0.15) is 29.7 Å². The average molecular weight is 347 g/mol. The molecule has 102 valence electrons. The molecule has 1 heterocycles. The fourth-order valence-corrected chi connectivity index (χ4v) is 4.18. The van der Waals surface area contributed by atoms with Crippen molar-refractivity contribution in [2.75, 3.05) is 0 Å². The van der Waals surface area contributed by atoms with Crippen LogP contribution in [0.5, 0.6) is 0 Å². The lowest BCUT2D eigenvalue weighted by molar-refractivity contribution is 0.221. The number of rotatable bonds is 3. The molecular formula is C17H15BrOS. The van der Waals surface area contributed by atoms with Gasteiger partial charge in [0.05, 0.1) is 0 Å². The smallest absolute Gasteiger partial charge is 0.106 e. The highest BCUT2D eigenvalue weighted by Gasteiger charge is 2.18. The van der Waals surface area contributed by atoms with E-state index in [0.717, 1.165) is 27.4 Å². The maximum Gasteiger partial charge on any atom is 0.106 e. The van der Waals surface area contributed by atoms with Crippen LogP contribution >= 0.6 is 27.3 Å². The number of hydrogen-bond acceptors (Lipinski definition) is 2. The minimum absolute atomic E-state index is 0.561. The van der Waals surface area contributed by atoms with Gasteiger partial charge in [0.1, 0.15) is 6.10 Å². The topological polar surface area (TPSA) is 20.2 Å². The fraction of sp³-hybridized carbons (Fsp3) is 0.176. The minimum Gasteiger partial charge on any atom is -0.384 e. The Balaban J connectivity index is 2.13. The van der Waals surface area contributed by atoms with Crippen LogP contribution in [0.4, 0.5) is 0 Å². The molecule has 1 nitrogen and oxygen atoms in total. The Labute approximate surface area is 131 Å². The number of halogens is 1. The molecule has 3 heteroatoms. The summed E-state index contributed by atoms with van der Waals surface area (Å²) in [7, 11) is 0. The summed E-state index contributed by atoms with van der Waals surface area (Å²) in [6, 6.07) is 14.2. The molecule has 0 aliphatic rings. The maximum atomic E-state index is 10.8. The molecule has 0 spiro atoms. The Morgan fingerprint density at radius 2 is 1.90 bits per heavy atom. The van der Waals surface area contributed by atoms with Crippen molar-refractivity contribution < 1.29 is 5.11 Å². The first-order valence-corrected chi connectivity index (χ1v) is 8.31. The lowest BCUT2D eigenvalue weighted by Gasteiger charge is -2.14. The summed E-state index contributed by atoms with van der Waals surface area (Å²) in [5, 5.41) is 14.0. The number of aliphatic hydroxyl groups excluding tert-OH is 1. The predicted octanol–water partition coefficient (Wildman–Crippen LogP) is 5.31. The largest absolute Gasteiger partial charge is 0.384 e. The van der Waals surface area contributed by atoms with Crippen molar-refractivity contribution in [3.63, 3.8) is 0 Å². The fourth-order valence-electron chi connectivity index (χ4n) is 2.54. The van der Waals surface area contributed by atoms with Crippen molar-refractivity contribution in [1.82, 2.24) is 0 Å². The zero-order valence-electron chi connectivity index (χ0n) is 11.1. The Bertz CT molecular complexity index is 748. The Morgan fingerprint density at radius 3 is 2.70 bits per heavy atom. The molecule has 0 saturated carbocycles. The Morgan fingerprint density at radius 1 is 1.10 bits per heavy atom. The van der Waals surface area contributed by atoms with Crippen molar-refractivity contribution in [3.8, 4) is 0 Å². The first kappa shape index (κ1) is 13.8. The first-order valence-electron chi connectivity index (χ1n) is 6.64. The predicted molar refractivity (Wildman–Crippen MR) is 89.4 cm³/mol. The van der Waals surface area contributed by atoms with Crippen molar-refractivity contribution in [3.05, 3.63) is 69.0 Å². The third-order valence-electron chi connectivity index (χ3n) is 3.61. The second-order valence-electron chi connectivity index (χ2n) is 4.76. The van der Waals surface area contributed by atoms with Gasteiger partial charge in [-0.1, -0.05) is 43.3 Å². The molecule has 0 bridgehead atoms. The van der Waals surface area contributed by atoms with Gasteiger partial charge in [-0.05, 0) is 50.3 Å². The van der Waals surface area contributed by atoms with Gasteiger partial charge in [0.25, 0.3) is 0 Å². The van der Waals surface area contributed by atoms with Crippen molar-refractivity contribution in [1.29, 1.82) is 0 Å². The molecule has 0 amide bonds. The lowest BCUT2D eigenvalue weighted by Crippen LogP contribution is -2.02. The normalized spacial score (nSPS) is 12.8. The van der Waals surface area contributed by atoms with Gasteiger partial charge in [0.15, 0.2) is 0 Å². The van der Waals surface area contributed by atoms with Gasteiger partial charge in [0.2, 0.25) is 0 Å². The van der Waals surface area contributed by atoms with Crippen LogP contribution in [0.15, 0.2) is 52.3 Å². The molecule has 1 unspecified atom stereocenters. The van der Waals surface area contributed by atoms with E-state index in [2.05, 4.69) is 40.4 Å². The van der Waals surface area contributed by atoms with E-state index in [1.54, 1.807) is 11.3 Å². The number of hydrogen-bond donors (Lipinski definition) is 1. The van der Waals surface area contributed by atoms with E-state index in [0.29, 0.717) is 0 Å². The van der Waals surface area contributed by atoms with E-state index in [1.807, 2.05) is 30.3 Å². The number of thiophene rings is 1. The highest BCUT2D eigenvalue weighted by Crippen LogP contribution is 2.37. The molecule has 0 saturated heterocycles. The molecule has 20 heavy (non-hydrogen) atoms. The third kappa shape index (κ3) is 2.30. The minimum atomic E-state index is -0.561. The molecule has 3 rings (SSSR count). The summed E-state index contributed by atoms with van der Waals surface area (Å²) < 4.78 is 2.28. The quantitative estimate of drug-likeness (QED) is 0.681. The van der Waals surface area contributed by atoms with Gasteiger partial charge >= 0.3 is 0 Å². The van der Waals surface area contributed by atoms with Crippen LogP contribution < -0.4 is 0 Å². The van der Waals surface area contributed by atoms with Gasteiger partial charge < -0.3 is 5.11 Å². The van der Waals surface area contributed by atoms with Gasteiger partial charge in [-0.25, -0.2) is 0 Å². The van der Waals surface area contributed by atoms with E-state index in [9.17, 15) is 5.11 Å². The van der Waals surface area contributed by atoms with E-state index in [1.165, 1.54) is 10.3 Å². The SMILES string of the molecule is CCc1ccccc1C(O)c1csc2c(Br)cccc12. The van der Waals surface area contributed by atoms with E-state index < -0.39 is 6.10 Å². The van der Waals surface area contributed by atoms with E-state index in [-0.39, 0.29) is 0 Å². The van der Waals surface area contributed by atoms with Crippen LogP contribution in [-0.4, -0.2) is 5.11 Å². The third-order valence-corrected chi connectivity index (χ3v) is 5.58. The van der Waals surface area contributed by atoms with Gasteiger partial charge in [-0.15, -0.1) is 11.3 Å². The number of aryl methyl sites for hydroxylation is 1. The van der Waals surface area contributed by atoms with Crippen molar-refractivity contribution in [2.24, 2.45) is 0 Å². The van der Waals surface area contributed by atoms with Crippen LogP contribution in [0.2, 0.25) is 0 Å². The monoisotopic (exact) mass is 346 g/mol. The zero-order valence-corrected chi connectivity index (χ0v) is 13.5. The molecule has 2 aromatic carbocycles. The Hall–Kier alpha value is -1.16. The average Bonchev–Trinajstić information content (AvgIpc) is 2.92. The summed E-state index contributed by atoms with van der Waals surface area (Å²) in [5.74, 6) is 0. The van der Waals surface area contributed by atoms with Gasteiger partial charge in [-0.2, -0.15) is 0 Å². The molecule has 0 aliphatic heterocycles. The first-order chi connectivity index (χ1) is 9.72. The van der Waals surface area contributed by atoms with Crippen LogP contribution in [0.25, 0.3) is 10.1 Å². The summed E-state index contributed by atoms with van der Waals surface area (Å²) in [4.78, 5) is 0. The van der Waals surface area contributed by atoms with Crippen LogP contribution in [0, 0.1) is 0 Å². The molecule has 1 atom stereocenters. The summed E-state index contributed by atoms with van der Waals surface area (Å²) in [6.45, 7) is 2.12. The molecule has 1 N–H and O–H groups in total. The number of benzene rings is 2. The zero-order chi connectivity index (χ0) is 14.1. The summed E-state index contributed by atoms with van der Waals surface area (Å²) >= 11 is 5.24. The molecular weight excluding hydrogens is 332 g/mol. The van der Waals surface area contributed by atoms with E-state index >= 15 is 0 Å². The number of fused-ring (bicyclic) bond motifs is 1. The van der Waals surface area contributed by atoms with Crippen molar-refractivity contribution in [2.45, 2.75) is 19.4 Å². The molecule has 0 radical (unpaired) electrons. The molecule has 0 aliphatic carbocycles. The maximum absolute atomic E-state index is 10.8. The summed E-state index contributed by atoms with van der Waals surface area (Å²) in [5.41, 5.74) is 3.20. The van der Waals surface area contributed by atoms with Gasteiger partial charge in [0, 0.05) is 14.7 Å². The van der Waals surface area contributed by atoms with Gasteiger partial charge in [-0.3, -0.25) is 0 Å².